The molecule has 1 unspecified atom stereocenters. The number of hydrogen-bond donors (Lipinski definition) is 2. The van der Waals surface area contributed by atoms with Gasteiger partial charge in [-0.15, -0.1) is 0 Å². The Labute approximate surface area is 249 Å². The maximum Gasteiger partial charge on any atom is 0.165 e. The normalized spacial score (nSPS) is 17.3. The Morgan fingerprint density at radius 3 is 2.45 bits per heavy atom. The average Bonchev–Trinajstić information content (AvgIpc) is 3.28. The Bertz CT molecular complexity index is 1320. The molecule has 2 aliphatic rings. The summed E-state index contributed by atoms with van der Waals surface area (Å²) in [4.78, 5) is 2.43. The van der Waals surface area contributed by atoms with Crippen LogP contribution in [-0.2, 0) is 19.3 Å². The van der Waals surface area contributed by atoms with Gasteiger partial charge in [0.1, 0.15) is 12.4 Å². The number of fused-ring (bicyclic) bond motifs is 1. The number of nitrogens with one attached hydrogen (secondary N) is 1. The number of benzene rings is 3. The molecule has 0 bridgehead atoms. The molecule has 0 aromatic heterocycles. The predicted octanol–water partition coefficient (Wildman–Crippen LogP) is 7.12. The summed E-state index contributed by atoms with van der Waals surface area (Å²) >= 11 is 0. The van der Waals surface area contributed by atoms with Crippen molar-refractivity contribution in [3.05, 3.63) is 76.6 Å². The van der Waals surface area contributed by atoms with Crippen molar-refractivity contribution in [3.8, 4) is 23.0 Å². The fourth-order valence-electron chi connectivity index (χ4n) is 6.37. The van der Waals surface area contributed by atoms with Crippen LogP contribution in [0.15, 0.2) is 48.5 Å². The van der Waals surface area contributed by atoms with Crippen LogP contribution in [0.1, 0.15) is 66.7 Å². The van der Waals surface area contributed by atoms with Gasteiger partial charge in [0.05, 0.1) is 14.2 Å². The van der Waals surface area contributed by atoms with Gasteiger partial charge in [-0.1, -0.05) is 25.0 Å². The number of ether oxygens (including phenoxy) is 3. The minimum atomic E-state index is -0.288. The average molecular weight is 577 g/mol. The lowest BCUT2D eigenvalue weighted by molar-refractivity contribution is 0.209. The molecule has 3 aromatic rings. The summed E-state index contributed by atoms with van der Waals surface area (Å²) in [5, 5.41) is 13.5. The fraction of sp³-hybridized carbons (Fsp3) is 0.486. The molecular weight excluding hydrogens is 531 g/mol. The first-order chi connectivity index (χ1) is 20.5. The van der Waals surface area contributed by atoms with Crippen molar-refractivity contribution in [2.75, 3.05) is 52.3 Å². The van der Waals surface area contributed by atoms with Gasteiger partial charge in [-0.25, -0.2) is 4.39 Å². The Hall–Kier alpha value is -3.45. The summed E-state index contributed by atoms with van der Waals surface area (Å²) in [6.45, 7) is 4.34. The number of anilines is 1. The molecule has 6 nitrogen and oxygen atoms in total. The molecule has 7 heteroatoms. The maximum absolute atomic E-state index is 14.8. The molecule has 2 N–H and O–H groups in total. The minimum Gasteiger partial charge on any atom is -0.508 e. The van der Waals surface area contributed by atoms with Crippen molar-refractivity contribution in [2.45, 2.75) is 63.7 Å². The lowest BCUT2D eigenvalue weighted by Gasteiger charge is -2.28. The van der Waals surface area contributed by atoms with Crippen molar-refractivity contribution >= 4 is 5.69 Å². The molecule has 3 aromatic carbocycles. The largest absolute Gasteiger partial charge is 0.508 e. The molecule has 1 aliphatic carbocycles. The Morgan fingerprint density at radius 1 is 0.905 bits per heavy atom. The summed E-state index contributed by atoms with van der Waals surface area (Å²) < 4.78 is 31.8. The summed E-state index contributed by atoms with van der Waals surface area (Å²) in [5.41, 5.74) is 5.72. The quantitative estimate of drug-likeness (QED) is 0.224. The highest BCUT2D eigenvalue weighted by Crippen LogP contribution is 2.42. The summed E-state index contributed by atoms with van der Waals surface area (Å²) in [5.74, 6) is 2.11. The zero-order valence-corrected chi connectivity index (χ0v) is 25.1. The van der Waals surface area contributed by atoms with Gasteiger partial charge in [-0.2, -0.15) is 0 Å². The number of likely N-dealkylation sites (tertiary alicyclic amines) is 1. The number of halogens is 1. The Kier molecular flexibility index (Phi) is 10.5. The van der Waals surface area contributed by atoms with Gasteiger partial charge in [-0.05, 0) is 117 Å². The van der Waals surface area contributed by atoms with E-state index in [2.05, 4.69) is 16.3 Å². The SMILES string of the molecule is COc1cc(NCCCc2ccc(OCCN3CCCCCC3)c(F)c2)c(C2CCc3cc(O)ccc3C2)cc1OC. The Balaban J connectivity index is 1.17. The van der Waals surface area contributed by atoms with Crippen LogP contribution in [0.25, 0.3) is 0 Å². The lowest BCUT2D eigenvalue weighted by atomic mass is 9.79. The van der Waals surface area contributed by atoms with Gasteiger partial charge < -0.3 is 24.6 Å². The van der Waals surface area contributed by atoms with Crippen LogP contribution in [0.3, 0.4) is 0 Å². The Morgan fingerprint density at radius 2 is 1.69 bits per heavy atom. The third kappa shape index (κ3) is 7.68. The molecule has 1 fully saturated rings. The standard InChI is InChI=1S/C35H45FN2O4/c1-40-34-23-30(28-11-10-27-22-29(39)13-12-26(27)21-28)32(24-35(34)41-2)37-15-7-8-25-9-14-33(31(36)20-25)42-19-18-38-16-5-3-4-6-17-38/h9,12-14,20,22-24,28,37,39H,3-8,10-11,15-19,21H2,1-2H3. The lowest BCUT2D eigenvalue weighted by Crippen LogP contribution is -2.29. The predicted molar refractivity (Wildman–Crippen MR) is 166 cm³/mol. The fourth-order valence-corrected chi connectivity index (χ4v) is 6.37. The van der Waals surface area contributed by atoms with Crippen molar-refractivity contribution in [1.29, 1.82) is 0 Å². The van der Waals surface area contributed by atoms with Gasteiger partial charge in [-0.3, -0.25) is 4.90 Å². The topological polar surface area (TPSA) is 63.2 Å². The van der Waals surface area contributed by atoms with Crippen molar-refractivity contribution < 1.29 is 23.7 Å². The number of hydrogen-bond acceptors (Lipinski definition) is 6. The van der Waals surface area contributed by atoms with E-state index in [1.165, 1.54) is 42.4 Å². The zero-order valence-electron chi connectivity index (χ0n) is 25.1. The van der Waals surface area contributed by atoms with Crippen molar-refractivity contribution in [1.82, 2.24) is 4.90 Å². The number of methoxy groups -OCH3 is 2. The molecule has 0 saturated carbocycles. The number of aryl methyl sites for hydroxylation is 2. The molecule has 5 rings (SSSR count). The molecular formula is C35H45FN2O4. The summed E-state index contributed by atoms with van der Waals surface area (Å²) in [6.07, 6.45) is 9.54. The number of phenolic OH excluding ortho intramolecular Hbond substituents is 1. The molecule has 1 saturated heterocycles. The first-order valence-electron chi connectivity index (χ1n) is 15.5. The van der Waals surface area contributed by atoms with Crippen LogP contribution in [0.2, 0.25) is 0 Å². The number of rotatable bonds is 12. The van der Waals surface area contributed by atoms with Crippen molar-refractivity contribution in [2.24, 2.45) is 0 Å². The van der Waals surface area contributed by atoms with E-state index in [-0.39, 0.29) is 5.82 Å². The van der Waals surface area contributed by atoms with E-state index in [1.54, 1.807) is 32.4 Å². The molecule has 1 heterocycles. The van der Waals surface area contributed by atoms with Gasteiger partial charge in [0.2, 0.25) is 0 Å². The van der Waals surface area contributed by atoms with Crippen molar-refractivity contribution in [3.63, 3.8) is 0 Å². The van der Waals surface area contributed by atoms with Crippen LogP contribution in [0.5, 0.6) is 23.0 Å². The summed E-state index contributed by atoms with van der Waals surface area (Å²) in [6, 6.07) is 15.2. The van der Waals surface area contributed by atoms with E-state index < -0.39 is 0 Å². The molecule has 0 amide bonds. The third-order valence-electron chi connectivity index (χ3n) is 8.73. The molecule has 0 spiro atoms. The van der Waals surface area contributed by atoms with E-state index in [0.29, 0.717) is 29.8 Å². The van der Waals surface area contributed by atoms with E-state index in [1.807, 2.05) is 24.3 Å². The second-order valence-electron chi connectivity index (χ2n) is 11.6. The molecule has 0 radical (unpaired) electrons. The third-order valence-corrected chi connectivity index (χ3v) is 8.73. The second-order valence-corrected chi connectivity index (χ2v) is 11.6. The van der Waals surface area contributed by atoms with E-state index in [9.17, 15) is 9.50 Å². The van der Waals surface area contributed by atoms with E-state index in [0.717, 1.165) is 75.3 Å². The van der Waals surface area contributed by atoms with E-state index in [4.69, 9.17) is 14.2 Å². The minimum absolute atomic E-state index is 0.288. The maximum atomic E-state index is 14.8. The van der Waals surface area contributed by atoms with Gasteiger partial charge >= 0.3 is 0 Å². The smallest absolute Gasteiger partial charge is 0.165 e. The van der Waals surface area contributed by atoms with Crippen LogP contribution in [-0.4, -0.2) is 57.0 Å². The number of aromatic hydroxyl groups is 1. The van der Waals surface area contributed by atoms with Crippen LogP contribution in [0, 0.1) is 5.82 Å². The van der Waals surface area contributed by atoms with Gasteiger partial charge in [0.25, 0.3) is 0 Å². The van der Waals surface area contributed by atoms with Crippen LogP contribution >= 0.6 is 0 Å². The van der Waals surface area contributed by atoms with Gasteiger partial charge in [0.15, 0.2) is 23.1 Å². The molecule has 1 aliphatic heterocycles. The monoisotopic (exact) mass is 576 g/mol. The molecule has 42 heavy (non-hydrogen) atoms. The first kappa shape index (κ1) is 30.0. The van der Waals surface area contributed by atoms with Crippen LogP contribution in [0.4, 0.5) is 10.1 Å². The number of nitrogens with zero attached hydrogens (tertiary/aromatic N) is 1. The highest BCUT2D eigenvalue weighted by atomic mass is 19.1. The van der Waals surface area contributed by atoms with Gasteiger partial charge in [0, 0.05) is 24.8 Å². The van der Waals surface area contributed by atoms with Crippen LogP contribution < -0.4 is 19.5 Å². The van der Waals surface area contributed by atoms with E-state index >= 15 is 0 Å². The molecule has 1 atom stereocenters. The second kappa shape index (κ2) is 14.6. The highest BCUT2D eigenvalue weighted by molar-refractivity contribution is 5.62. The molecule has 226 valence electrons. The summed E-state index contributed by atoms with van der Waals surface area (Å²) in [7, 11) is 3.32. The highest BCUT2D eigenvalue weighted by Gasteiger charge is 2.24. The number of phenols is 1. The zero-order chi connectivity index (χ0) is 29.3. The first-order valence-corrected chi connectivity index (χ1v) is 15.5.